The van der Waals surface area contributed by atoms with Crippen LogP contribution < -0.4 is 0 Å². The molecule has 0 unspecified atom stereocenters. The van der Waals surface area contributed by atoms with E-state index in [1.807, 2.05) is 4.90 Å². The summed E-state index contributed by atoms with van der Waals surface area (Å²) in [5.74, 6) is 1.06. The molecule has 3 nitrogen and oxygen atoms in total. The molecule has 1 saturated carbocycles. The predicted octanol–water partition coefficient (Wildman–Crippen LogP) is 1.24. The number of aliphatic hydroxyl groups excluding tert-OH is 1. The van der Waals surface area contributed by atoms with Gasteiger partial charge in [-0.15, -0.1) is 11.6 Å². The number of fused-ring (bicyclic) bond motifs is 1. The van der Waals surface area contributed by atoms with E-state index in [0.717, 1.165) is 25.9 Å². The number of nitrogens with zero attached hydrogens (tertiary/aromatic N) is 1. The van der Waals surface area contributed by atoms with Gasteiger partial charge < -0.3 is 10.0 Å². The average Bonchev–Trinajstić information content (AvgIpc) is 2.73. The maximum atomic E-state index is 11.7. The van der Waals surface area contributed by atoms with Crippen LogP contribution >= 0.6 is 11.6 Å². The van der Waals surface area contributed by atoms with E-state index in [0.29, 0.717) is 18.2 Å². The van der Waals surface area contributed by atoms with Crippen LogP contribution in [0, 0.1) is 11.3 Å². The smallest absolute Gasteiger partial charge is 0.223 e. The number of halogens is 1. The molecule has 4 heteroatoms. The molecule has 2 rings (SSSR count). The summed E-state index contributed by atoms with van der Waals surface area (Å²) < 4.78 is 0. The van der Waals surface area contributed by atoms with E-state index < -0.39 is 0 Å². The fourth-order valence-electron chi connectivity index (χ4n) is 3.10. The van der Waals surface area contributed by atoms with Gasteiger partial charge in [-0.3, -0.25) is 4.79 Å². The molecule has 1 aliphatic carbocycles. The van der Waals surface area contributed by atoms with Crippen molar-refractivity contribution in [1.82, 2.24) is 4.90 Å². The first kappa shape index (κ1) is 11.2. The normalized spacial score (nSPS) is 34.5. The molecule has 1 heterocycles. The molecule has 0 bridgehead atoms. The fraction of sp³-hybridized carbons (Fsp3) is 0.909. The minimum absolute atomic E-state index is 0.0158. The molecular formula is C11H18ClNO2. The number of aliphatic hydroxyl groups is 1. The molecule has 2 atom stereocenters. The van der Waals surface area contributed by atoms with Crippen LogP contribution in [0.3, 0.4) is 0 Å². The standard InChI is InChI=1S/C11H18ClNO2/c12-5-3-10(15)13-6-9-2-1-4-11(9,7-13)8-14/h9,14H,1-8H2/t9-,11+/m0/s1. The lowest BCUT2D eigenvalue weighted by atomic mass is 9.82. The Bertz CT molecular complexity index is 259. The minimum atomic E-state index is 0.0158. The number of carbonyl (C=O) groups is 1. The largest absolute Gasteiger partial charge is 0.396 e. The number of amides is 1. The molecule has 2 aliphatic rings. The lowest BCUT2D eigenvalue weighted by Gasteiger charge is -2.25. The van der Waals surface area contributed by atoms with E-state index in [9.17, 15) is 9.90 Å². The SMILES string of the molecule is O=C(CCCl)N1C[C@@H]2CCC[C@]2(CO)C1. The number of rotatable bonds is 3. The second kappa shape index (κ2) is 4.30. The van der Waals surface area contributed by atoms with Gasteiger partial charge in [-0.05, 0) is 18.8 Å². The van der Waals surface area contributed by atoms with Gasteiger partial charge in [-0.1, -0.05) is 6.42 Å². The van der Waals surface area contributed by atoms with Crippen molar-refractivity contribution in [1.29, 1.82) is 0 Å². The van der Waals surface area contributed by atoms with E-state index in [4.69, 9.17) is 11.6 Å². The number of carbonyl (C=O) groups excluding carboxylic acids is 1. The minimum Gasteiger partial charge on any atom is -0.396 e. The van der Waals surface area contributed by atoms with Gasteiger partial charge in [0.1, 0.15) is 0 Å². The third kappa shape index (κ3) is 1.87. The molecular weight excluding hydrogens is 214 g/mol. The molecule has 0 aromatic carbocycles. The van der Waals surface area contributed by atoms with Gasteiger partial charge >= 0.3 is 0 Å². The van der Waals surface area contributed by atoms with E-state index >= 15 is 0 Å². The Morgan fingerprint density at radius 3 is 3.00 bits per heavy atom. The van der Waals surface area contributed by atoms with Gasteiger partial charge in [-0.25, -0.2) is 0 Å². The van der Waals surface area contributed by atoms with E-state index in [-0.39, 0.29) is 17.9 Å². The molecule has 0 radical (unpaired) electrons. The first-order valence-corrected chi connectivity index (χ1v) is 6.20. The summed E-state index contributed by atoms with van der Waals surface area (Å²) in [4.78, 5) is 13.6. The monoisotopic (exact) mass is 231 g/mol. The molecule has 86 valence electrons. The molecule has 1 amide bonds. The number of likely N-dealkylation sites (tertiary alicyclic amines) is 1. The van der Waals surface area contributed by atoms with Crippen LogP contribution in [-0.4, -0.2) is 41.5 Å². The molecule has 0 aromatic heterocycles. The van der Waals surface area contributed by atoms with E-state index in [1.165, 1.54) is 6.42 Å². The van der Waals surface area contributed by atoms with Crippen LogP contribution in [0.5, 0.6) is 0 Å². The zero-order valence-electron chi connectivity index (χ0n) is 8.91. The van der Waals surface area contributed by atoms with Crippen molar-refractivity contribution in [3.8, 4) is 0 Å². The van der Waals surface area contributed by atoms with Gasteiger partial charge in [0.15, 0.2) is 0 Å². The van der Waals surface area contributed by atoms with Crippen LogP contribution in [0.15, 0.2) is 0 Å². The zero-order valence-corrected chi connectivity index (χ0v) is 9.67. The maximum absolute atomic E-state index is 11.7. The van der Waals surface area contributed by atoms with E-state index in [1.54, 1.807) is 0 Å². The lowest BCUT2D eigenvalue weighted by molar-refractivity contribution is -0.130. The Balaban J connectivity index is 2.01. The summed E-state index contributed by atoms with van der Waals surface area (Å²) in [5, 5.41) is 9.49. The highest BCUT2D eigenvalue weighted by molar-refractivity contribution is 6.18. The van der Waals surface area contributed by atoms with Crippen LogP contribution in [0.1, 0.15) is 25.7 Å². The Hall–Kier alpha value is -0.280. The first-order chi connectivity index (χ1) is 7.22. The summed E-state index contributed by atoms with van der Waals surface area (Å²) in [6.07, 6.45) is 3.85. The highest BCUT2D eigenvalue weighted by atomic mass is 35.5. The van der Waals surface area contributed by atoms with Crippen LogP contribution in [0.4, 0.5) is 0 Å². The van der Waals surface area contributed by atoms with Gasteiger partial charge in [0.05, 0.1) is 6.61 Å². The van der Waals surface area contributed by atoms with Crippen LogP contribution in [-0.2, 0) is 4.79 Å². The lowest BCUT2D eigenvalue weighted by Crippen LogP contribution is -2.34. The third-order valence-corrected chi connectivity index (χ3v) is 4.20. The zero-order chi connectivity index (χ0) is 10.9. The second-order valence-electron chi connectivity index (χ2n) is 4.82. The molecule has 0 spiro atoms. The van der Waals surface area contributed by atoms with Gasteiger partial charge in [0, 0.05) is 30.8 Å². The van der Waals surface area contributed by atoms with Gasteiger partial charge in [0.2, 0.25) is 5.91 Å². The molecule has 1 aliphatic heterocycles. The third-order valence-electron chi connectivity index (χ3n) is 4.02. The van der Waals surface area contributed by atoms with Crippen molar-refractivity contribution in [2.45, 2.75) is 25.7 Å². The fourth-order valence-corrected chi connectivity index (χ4v) is 3.26. The van der Waals surface area contributed by atoms with Gasteiger partial charge in [-0.2, -0.15) is 0 Å². The number of hydrogen-bond acceptors (Lipinski definition) is 2. The van der Waals surface area contributed by atoms with E-state index in [2.05, 4.69) is 0 Å². The van der Waals surface area contributed by atoms with Crippen molar-refractivity contribution < 1.29 is 9.90 Å². The van der Waals surface area contributed by atoms with Crippen molar-refractivity contribution in [3.05, 3.63) is 0 Å². The summed E-state index contributed by atoms with van der Waals surface area (Å²) in [5.41, 5.74) is 0.0158. The van der Waals surface area contributed by atoms with Gasteiger partial charge in [0.25, 0.3) is 0 Å². The molecule has 0 aromatic rings. The second-order valence-corrected chi connectivity index (χ2v) is 5.20. The molecule has 1 N–H and O–H groups in total. The Labute approximate surface area is 95.4 Å². The number of hydrogen-bond donors (Lipinski definition) is 1. The molecule has 2 fully saturated rings. The highest BCUT2D eigenvalue weighted by Crippen LogP contribution is 2.48. The quantitative estimate of drug-likeness (QED) is 0.743. The summed E-state index contributed by atoms with van der Waals surface area (Å²) in [6, 6.07) is 0. The van der Waals surface area contributed by atoms with Crippen LogP contribution in [0.2, 0.25) is 0 Å². The molecule has 15 heavy (non-hydrogen) atoms. The Morgan fingerprint density at radius 1 is 1.60 bits per heavy atom. The first-order valence-electron chi connectivity index (χ1n) is 5.66. The topological polar surface area (TPSA) is 40.5 Å². The average molecular weight is 232 g/mol. The summed E-state index contributed by atoms with van der Waals surface area (Å²) >= 11 is 5.57. The van der Waals surface area contributed by atoms with Crippen molar-refractivity contribution in [2.75, 3.05) is 25.6 Å². The maximum Gasteiger partial charge on any atom is 0.223 e. The van der Waals surface area contributed by atoms with Crippen molar-refractivity contribution >= 4 is 17.5 Å². The van der Waals surface area contributed by atoms with Crippen LogP contribution in [0.25, 0.3) is 0 Å². The predicted molar refractivity (Wildman–Crippen MR) is 58.8 cm³/mol. The Morgan fingerprint density at radius 2 is 2.40 bits per heavy atom. The van der Waals surface area contributed by atoms with Crippen molar-refractivity contribution in [2.24, 2.45) is 11.3 Å². The summed E-state index contributed by atoms with van der Waals surface area (Å²) in [7, 11) is 0. The highest BCUT2D eigenvalue weighted by Gasteiger charge is 2.49. The summed E-state index contributed by atoms with van der Waals surface area (Å²) in [6.45, 7) is 1.79. The number of alkyl halides is 1. The molecule has 1 saturated heterocycles. The van der Waals surface area contributed by atoms with Crippen molar-refractivity contribution in [3.63, 3.8) is 0 Å². The Kier molecular flexibility index (Phi) is 3.21.